The zero-order chi connectivity index (χ0) is 12.5. The van der Waals surface area contributed by atoms with E-state index in [1.165, 1.54) is 25.0 Å². The van der Waals surface area contributed by atoms with E-state index in [0.717, 1.165) is 25.4 Å². The van der Waals surface area contributed by atoms with Crippen LogP contribution in [0.1, 0.15) is 19.3 Å². The van der Waals surface area contributed by atoms with Crippen LogP contribution in [0.2, 0.25) is 5.02 Å². The molecule has 1 heterocycles. The average Bonchev–Trinajstić information content (AvgIpc) is 2.80. The van der Waals surface area contributed by atoms with Crippen LogP contribution < -0.4 is 5.32 Å². The van der Waals surface area contributed by atoms with Gasteiger partial charge in [-0.15, -0.1) is 0 Å². The SMILES string of the molecule is Clc1cc(I)ccc1NC1=NC2CCCC2CS1. The molecule has 1 aliphatic heterocycles. The Bertz CT molecular complexity index is 492. The van der Waals surface area contributed by atoms with Crippen LogP contribution in [-0.2, 0) is 0 Å². The van der Waals surface area contributed by atoms with Crippen molar-refractivity contribution in [3.63, 3.8) is 0 Å². The van der Waals surface area contributed by atoms with Crippen LogP contribution >= 0.6 is 46.0 Å². The molecule has 2 nitrogen and oxygen atoms in total. The fraction of sp³-hybridized carbons (Fsp3) is 0.462. The Labute approximate surface area is 130 Å². The fourth-order valence-corrected chi connectivity index (χ4v) is 4.59. The van der Waals surface area contributed by atoms with Crippen molar-refractivity contribution in [2.45, 2.75) is 25.3 Å². The molecule has 96 valence electrons. The van der Waals surface area contributed by atoms with E-state index in [1.807, 2.05) is 23.9 Å². The minimum Gasteiger partial charge on any atom is -0.334 e. The van der Waals surface area contributed by atoms with Gasteiger partial charge in [-0.3, -0.25) is 4.99 Å². The number of benzene rings is 1. The molecule has 0 saturated heterocycles. The summed E-state index contributed by atoms with van der Waals surface area (Å²) in [6.45, 7) is 0. The minimum absolute atomic E-state index is 0.538. The van der Waals surface area contributed by atoms with Gasteiger partial charge in [-0.2, -0.15) is 0 Å². The standard InChI is InChI=1S/C13H14ClIN2S/c14-10-6-9(15)4-5-12(10)17-13-16-11-3-1-2-8(11)7-18-13/h4-6,8,11H,1-3,7H2,(H,16,17). The van der Waals surface area contributed by atoms with Gasteiger partial charge in [0.15, 0.2) is 5.17 Å². The molecule has 1 N–H and O–H groups in total. The number of halogens is 2. The lowest BCUT2D eigenvalue weighted by atomic mass is 10.1. The number of aliphatic imine (C=N–C) groups is 1. The van der Waals surface area contributed by atoms with E-state index in [-0.39, 0.29) is 0 Å². The van der Waals surface area contributed by atoms with Crippen LogP contribution in [0.5, 0.6) is 0 Å². The second-order valence-corrected chi connectivity index (χ2v) is 7.41. The van der Waals surface area contributed by atoms with Gasteiger partial charge in [0.1, 0.15) is 0 Å². The third kappa shape index (κ3) is 2.80. The van der Waals surface area contributed by atoms with Crippen LogP contribution in [0, 0.1) is 9.49 Å². The molecule has 0 aromatic heterocycles. The highest BCUT2D eigenvalue weighted by Gasteiger charge is 2.31. The van der Waals surface area contributed by atoms with Crippen molar-refractivity contribution < 1.29 is 0 Å². The first-order valence-electron chi connectivity index (χ1n) is 6.15. The monoisotopic (exact) mass is 392 g/mol. The smallest absolute Gasteiger partial charge is 0.161 e. The molecule has 5 heteroatoms. The Hall–Kier alpha value is 0.0600. The topological polar surface area (TPSA) is 24.4 Å². The minimum atomic E-state index is 0.538. The molecule has 0 amide bonds. The van der Waals surface area contributed by atoms with Gasteiger partial charge in [-0.05, 0) is 59.5 Å². The third-order valence-corrected chi connectivity index (χ3v) is 5.57. The maximum absolute atomic E-state index is 6.23. The van der Waals surface area contributed by atoms with E-state index >= 15 is 0 Å². The van der Waals surface area contributed by atoms with Crippen molar-refractivity contribution in [2.24, 2.45) is 10.9 Å². The predicted octanol–water partition coefficient (Wildman–Crippen LogP) is 4.63. The molecule has 2 aliphatic rings. The maximum Gasteiger partial charge on any atom is 0.161 e. The van der Waals surface area contributed by atoms with Crippen LogP contribution in [0.25, 0.3) is 0 Å². The molecule has 2 unspecified atom stereocenters. The largest absolute Gasteiger partial charge is 0.334 e. The number of hydrogen-bond donors (Lipinski definition) is 1. The first kappa shape index (κ1) is 13.1. The van der Waals surface area contributed by atoms with E-state index in [0.29, 0.717) is 6.04 Å². The Morgan fingerprint density at radius 1 is 1.39 bits per heavy atom. The highest BCUT2D eigenvalue weighted by molar-refractivity contribution is 14.1. The molecule has 1 aliphatic carbocycles. The summed E-state index contributed by atoms with van der Waals surface area (Å²) in [5.74, 6) is 1.99. The summed E-state index contributed by atoms with van der Waals surface area (Å²) in [5, 5.41) is 5.16. The van der Waals surface area contributed by atoms with Gasteiger partial charge >= 0.3 is 0 Å². The number of nitrogens with zero attached hydrogens (tertiary/aromatic N) is 1. The first-order chi connectivity index (χ1) is 8.72. The lowest BCUT2D eigenvalue weighted by Crippen LogP contribution is -2.25. The summed E-state index contributed by atoms with van der Waals surface area (Å²) >= 11 is 10.3. The van der Waals surface area contributed by atoms with E-state index in [9.17, 15) is 0 Å². The van der Waals surface area contributed by atoms with E-state index in [2.05, 4.69) is 34.0 Å². The predicted molar refractivity (Wildman–Crippen MR) is 88.8 cm³/mol. The van der Waals surface area contributed by atoms with Crippen LogP contribution in [0.15, 0.2) is 23.2 Å². The normalized spacial score (nSPS) is 26.7. The molecule has 1 aromatic carbocycles. The number of rotatable bonds is 1. The molecule has 3 rings (SSSR count). The van der Waals surface area contributed by atoms with Crippen LogP contribution in [0.3, 0.4) is 0 Å². The maximum atomic E-state index is 6.23. The van der Waals surface area contributed by atoms with Crippen molar-refractivity contribution >= 4 is 56.8 Å². The zero-order valence-corrected chi connectivity index (χ0v) is 13.6. The van der Waals surface area contributed by atoms with Gasteiger partial charge in [0, 0.05) is 9.32 Å². The van der Waals surface area contributed by atoms with Crippen molar-refractivity contribution in [1.29, 1.82) is 0 Å². The Kier molecular flexibility index (Phi) is 4.06. The number of nitrogens with one attached hydrogen (secondary N) is 1. The lowest BCUT2D eigenvalue weighted by molar-refractivity contribution is 0.535. The molecule has 1 saturated carbocycles. The van der Waals surface area contributed by atoms with Crippen molar-refractivity contribution in [3.8, 4) is 0 Å². The Morgan fingerprint density at radius 2 is 2.28 bits per heavy atom. The van der Waals surface area contributed by atoms with E-state index in [1.54, 1.807) is 0 Å². The summed E-state index contributed by atoms with van der Waals surface area (Å²) in [6, 6.07) is 6.59. The van der Waals surface area contributed by atoms with Crippen LogP contribution in [-0.4, -0.2) is 17.0 Å². The lowest BCUT2D eigenvalue weighted by Gasteiger charge is -2.23. The molecule has 0 spiro atoms. The number of fused-ring (bicyclic) bond motifs is 1. The summed E-state index contributed by atoms with van der Waals surface area (Å²) in [5.41, 5.74) is 0.958. The highest BCUT2D eigenvalue weighted by atomic mass is 127. The summed E-state index contributed by atoms with van der Waals surface area (Å²) in [6.07, 6.45) is 3.92. The fourth-order valence-electron chi connectivity index (χ4n) is 2.53. The van der Waals surface area contributed by atoms with Gasteiger partial charge in [0.2, 0.25) is 0 Å². The molecule has 0 radical (unpaired) electrons. The van der Waals surface area contributed by atoms with Crippen molar-refractivity contribution in [1.82, 2.24) is 0 Å². The van der Waals surface area contributed by atoms with Crippen LogP contribution in [0.4, 0.5) is 5.69 Å². The summed E-state index contributed by atoms with van der Waals surface area (Å²) in [4.78, 5) is 4.81. The molecule has 2 atom stereocenters. The summed E-state index contributed by atoms with van der Waals surface area (Å²) in [7, 11) is 0. The molecular weight excluding hydrogens is 379 g/mol. The van der Waals surface area contributed by atoms with E-state index < -0.39 is 0 Å². The molecular formula is C13H14ClIN2S. The van der Waals surface area contributed by atoms with Gasteiger partial charge in [-0.1, -0.05) is 29.8 Å². The van der Waals surface area contributed by atoms with E-state index in [4.69, 9.17) is 16.6 Å². The highest BCUT2D eigenvalue weighted by Crippen LogP contribution is 2.36. The number of thioether (sulfide) groups is 1. The van der Waals surface area contributed by atoms with Gasteiger partial charge < -0.3 is 5.32 Å². The molecule has 18 heavy (non-hydrogen) atoms. The Morgan fingerprint density at radius 3 is 3.11 bits per heavy atom. The molecule has 0 bridgehead atoms. The number of amidine groups is 1. The average molecular weight is 393 g/mol. The molecule has 1 aromatic rings. The number of anilines is 1. The quantitative estimate of drug-likeness (QED) is 0.705. The first-order valence-corrected chi connectivity index (χ1v) is 8.59. The van der Waals surface area contributed by atoms with Gasteiger partial charge in [0.25, 0.3) is 0 Å². The van der Waals surface area contributed by atoms with Crippen molar-refractivity contribution in [2.75, 3.05) is 11.1 Å². The second-order valence-electron chi connectivity index (χ2n) is 4.75. The number of hydrogen-bond acceptors (Lipinski definition) is 3. The molecule has 1 fully saturated rings. The Balaban J connectivity index is 1.76. The van der Waals surface area contributed by atoms with Crippen molar-refractivity contribution in [3.05, 3.63) is 26.8 Å². The third-order valence-electron chi connectivity index (χ3n) is 3.51. The van der Waals surface area contributed by atoms with Gasteiger partial charge in [0.05, 0.1) is 16.8 Å². The second kappa shape index (κ2) is 5.59. The van der Waals surface area contributed by atoms with Gasteiger partial charge in [-0.25, -0.2) is 0 Å². The zero-order valence-electron chi connectivity index (χ0n) is 9.83. The summed E-state index contributed by atoms with van der Waals surface area (Å²) < 4.78 is 1.15.